The zero-order chi connectivity index (χ0) is 14.3. The van der Waals surface area contributed by atoms with E-state index >= 15 is 0 Å². The van der Waals surface area contributed by atoms with Crippen molar-refractivity contribution >= 4 is 17.5 Å². The Morgan fingerprint density at radius 3 is 2.30 bits per heavy atom. The number of fused-ring (bicyclic) bond motifs is 2. The summed E-state index contributed by atoms with van der Waals surface area (Å²) in [5, 5.41) is 0.113. The van der Waals surface area contributed by atoms with E-state index in [1.165, 1.54) is 18.2 Å². The number of hydrogen-bond acceptors (Lipinski definition) is 1. The van der Waals surface area contributed by atoms with Gasteiger partial charge in [-0.15, -0.1) is 11.6 Å². The number of amides is 1. The zero-order valence-electron chi connectivity index (χ0n) is 11.0. The molecule has 1 aromatic rings. The molecule has 1 amide bonds. The highest BCUT2D eigenvalue weighted by Crippen LogP contribution is 2.38. The molecule has 0 aromatic heterocycles. The summed E-state index contributed by atoms with van der Waals surface area (Å²) < 4.78 is 27.2. The first kappa shape index (κ1) is 13.8. The lowest BCUT2D eigenvalue weighted by Crippen LogP contribution is -2.47. The van der Waals surface area contributed by atoms with Crippen molar-refractivity contribution in [3.05, 3.63) is 35.4 Å². The lowest BCUT2D eigenvalue weighted by atomic mass is 10.0. The molecule has 2 aliphatic rings. The van der Waals surface area contributed by atoms with Crippen LogP contribution in [0.3, 0.4) is 0 Å². The van der Waals surface area contributed by atoms with Gasteiger partial charge in [0.15, 0.2) is 0 Å². The Bertz CT molecular complexity index is 502. The predicted molar refractivity (Wildman–Crippen MR) is 72.6 cm³/mol. The molecule has 20 heavy (non-hydrogen) atoms. The molecule has 0 saturated carbocycles. The van der Waals surface area contributed by atoms with Crippen molar-refractivity contribution in [2.45, 2.75) is 49.6 Å². The van der Waals surface area contributed by atoms with Crippen LogP contribution in [0.2, 0.25) is 0 Å². The summed E-state index contributed by atoms with van der Waals surface area (Å²) in [6, 6.07) is 3.95. The Morgan fingerprint density at radius 1 is 1.20 bits per heavy atom. The van der Waals surface area contributed by atoms with E-state index < -0.39 is 11.6 Å². The molecule has 0 spiro atoms. The molecule has 2 saturated heterocycles. The maximum atomic E-state index is 13.6. The normalized spacial score (nSPS) is 28.8. The van der Waals surface area contributed by atoms with Crippen LogP contribution in [0.25, 0.3) is 0 Å². The van der Waals surface area contributed by atoms with Gasteiger partial charge in [0.05, 0.1) is 6.42 Å². The quantitative estimate of drug-likeness (QED) is 0.768. The number of rotatable bonds is 2. The molecule has 0 aliphatic carbocycles. The molecular formula is C15H16ClF2NO. The number of carbonyl (C=O) groups excluding carboxylic acids is 1. The molecule has 2 atom stereocenters. The van der Waals surface area contributed by atoms with Crippen molar-refractivity contribution in [3.63, 3.8) is 0 Å². The van der Waals surface area contributed by atoms with Gasteiger partial charge < -0.3 is 4.90 Å². The molecule has 2 fully saturated rings. The van der Waals surface area contributed by atoms with E-state index in [-0.39, 0.29) is 35.4 Å². The van der Waals surface area contributed by atoms with Gasteiger partial charge in [0.25, 0.3) is 0 Å². The van der Waals surface area contributed by atoms with Gasteiger partial charge in [-0.25, -0.2) is 8.78 Å². The summed E-state index contributed by atoms with van der Waals surface area (Å²) in [6.07, 6.45) is 3.24. The monoisotopic (exact) mass is 299 g/mol. The molecular weight excluding hydrogens is 284 g/mol. The van der Waals surface area contributed by atoms with E-state index in [1.54, 1.807) is 0 Å². The number of nitrogens with zero attached hydrogens (tertiary/aromatic N) is 1. The Kier molecular flexibility index (Phi) is 3.67. The van der Waals surface area contributed by atoms with Crippen molar-refractivity contribution in [2.75, 3.05) is 0 Å². The third-order valence-electron chi connectivity index (χ3n) is 4.35. The van der Waals surface area contributed by atoms with Crippen molar-refractivity contribution in [3.8, 4) is 0 Å². The van der Waals surface area contributed by atoms with Crippen LogP contribution >= 0.6 is 11.6 Å². The Morgan fingerprint density at radius 2 is 1.75 bits per heavy atom. The summed E-state index contributed by atoms with van der Waals surface area (Å²) >= 11 is 6.17. The van der Waals surface area contributed by atoms with Crippen LogP contribution < -0.4 is 0 Å². The second-order valence-electron chi connectivity index (χ2n) is 5.63. The zero-order valence-corrected chi connectivity index (χ0v) is 11.7. The van der Waals surface area contributed by atoms with Crippen molar-refractivity contribution in [1.29, 1.82) is 0 Å². The fourth-order valence-electron chi connectivity index (χ4n) is 3.46. The van der Waals surface area contributed by atoms with E-state index in [1.807, 2.05) is 4.90 Å². The van der Waals surface area contributed by atoms with Gasteiger partial charge in [-0.3, -0.25) is 4.79 Å². The first-order valence-electron chi connectivity index (χ1n) is 6.94. The molecule has 2 unspecified atom stereocenters. The minimum absolute atomic E-state index is 0.113. The summed E-state index contributed by atoms with van der Waals surface area (Å²) in [7, 11) is 0. The molecule has 3 rings (SSSR count). The first-order chi connectivity index (χ1) is 9.56. The van der Waals surface area contributed by atoms with Crippen LogP contribution in [0, 0.1) is 11.6 Å². The number of halogens is 3. The van der Waals surface area contributed by atoms with Crippen molar-refractivity contribution in [1.82, 2.24) is 4.90 Å². The molecule has 0 N–H and O–H groups in total. The highest BCUT2D eigenvalue weighted by Gasteiger charge is 2.42. The maximum absolute atomic E-state index is 13.6. The summed E-state index contributed by atoms with van der Waals surface area (Å²) in [5.41, 5.74) is -0.134. The smallest absolute Gasteiger partial charge is 0.227 e. The van der Waals surface area contributed by atoms with E-state index in [4.69, 9.17) is 11.6 Å². The molecule has 2 aliphatic heterocycles. The highest BCUT2D eigenvalue weighted by molar-refractivity contribution is 6.20. The average molecular weight is 300 g/mol. The van der Waals surface area contributed by atoms with Gasteiger partial charge in [0.2, 0.25) is 5.91 Å². The molecule has 0 radical (unpaired) electrons. The van der Waals surface area contributed by atoms with Gasteiger partial charge >= 0.3 is 0 Å². The minimum Gasteiger partial charge on any atom is -0.336 e. The van der Waals surface area contributed by atoms with Gasteiger partial charge in [-0.2, -0.15) is 0 Å². The van der Waals surface area contributed by atoms with Crippen LogP contribution in [-0.4, -0.2) is 28.3 Å². The van der Waals surface area contributed by atoms with E-state index in [9.17, 15) is 13.6 Å². The molecule has 2 bridgehead atoms. The minimum atomic E-state index is -0.655. The fourth-order valence-corrected chi connectivity index (χ4v) is 3.87. The molecule has 108 valence electrons. The molecule has 1 aromatic carbocycles. The van der Waals surface area contributed by atoms with Crippen LogP contribution in [0.5, 0.6) is 0 Å². The Balaban J connectivity index is 1.77. The number of piperidine rings is 1. The highest BCUT2D eigenvalue weighted by atomic mass is 35.5. The Labute approximate surface area is 121 Å². The molecule has 2 heterocycles. The Hall–Kier alpha value is -1.16. The van der Waals surface area contributed by atoms with Crippen molar-refractivity contribution in [2.24, 2.45) is 0 Å². The van der Waals surface area contributed by atoms with E-state index in [2.05, 4.69) is 0 Å². The second kappa shape index (κ2) is 5.32. The van der Waals surface area contributed by atoms with Crippen LogP contribution in [0.15, 0.2) is 18.2 Å². The largest absolute Gasteiger partial charge is 0.336 e. The maximum Gasteiger partial charge on any atom is 0.227 e. The lowest BCUT2D eigenvalue weighted by Gasteiger charge is -2.37. The van der Waals surface area contributed by atoms with Gasteiger partial charge in [0, 0.05) is 23.0 Å². The fraction of sp³-hybridized carbons (Fsp3) is 0.533. The van der Waals surface area contributed by atoms with Crippen molar-refractivity contribution < 1.29 is 13.6 Å². The first-order valence-corrected chi connectivity index (χ1v) is 7.38. The summed E-state index contributed by atoms with van der Waals surface area (Å²) in [5.74, 6) is -1.50. The van der Waals surface area contributed by atoms with Gasteiger partial charge in [-0.05, 0) is 37.8 Å². The number of carbonyl (C=O) groups is 1. The second-order valence-corrected chi connectivity index (χ2v) is 6.25. The standard InChI is InChI=1S/C15H16ClF2NO/c16-9-6-10-4-5-11(7-9)19(10)15(20)8-12-13(17)2-1-3-14(12)18/h1-3,9-11H,4-8H2. The topological polar surface area (TPSA) is 20.3 Å². The molecule has 2 nitrogen and oxygen atoms in total. The van der Waals surface area contributed by atoms with Crippen LogP contribution in [-0.2, 0) is 11.2 Å². The van der Waals surface area contributed by atoms with Gasteiger partial charge in [0.1, 0.15) is 11.6 Å². The SMILES string of the molecule is O=C(Cc1c(F)cccc1F)N1C2CCC1CC(Cl)C2. The molecule has 5 heteroatoms. The van der Waals surface area contributed by atoms with Gasteiger partial charge in [-0.1, -0.05) is 6.07 Å². The third kappa shape index (κ3) is 2.41. The lowest BCUT2D eigenvalue weighted by molar-refractivity contribution is -0.134. The van der Waals surface area contributed by atoms with Crippen LogP contribution in [0.4, 0.5) is 8.78 Å². The average Bonchev–Trinajstić information content (AvgIpc) is 2.66. The number of alkyl halides is 1. The third-order valence-corrected chi connectivity index (χ3v) is 4.71. The summed E-state index contributed by atoms with van der Waals surface area (Å²) in [6.45, 7) is 0. The number of hydrogen-bond donors (Lipinski definition) is 0. The van der Waals surface area contributed by atoms with Crippen LogP contribution in [0.1, 0.15) is 31.2 Å². The van der Waals surface area contributed by atoms with E-state index in [0.717, 1.165) is 25.7 Å². The number of benzene rings is 1. The summed E-state index contributed by atoms with van der Waals surface area (Å²) in [4.78, 5) is 14.2. The van der Waals surface area contributed by atoms with E-state index in [0.29, 0.717) is 0 Å². The predicted octanol–water partition coefficient (Wildman–Crippen LogP) is 3.27.